The average molecular weight is 298 g/mol. The van der Waals surface area contributed by atoms with Crippen LogP contribution < -0.4 is 9.47 Å². The van der Waals surface area contributed by atoms with Crippen LogP contribution in [0, 0.1) is 11.3 Å². The van der Waals surface area contributed by atoms with Crippen LogP contribution in [0.5, 0.6) is 11.5 Å². The summed E-state index contributed by atoms with van der Waals surface area (Å²) in [5.74, 6) is 1.89. The standard InChI is InChI=1S/C18H18O4/c1-21-11-3-2-9-6-16-7-12(16)18(20)5-4-10(19)15-17(18,8-16)13(9)14(11)22-15/h2-3,12,15,20H,4-8H2,1H3/t12-,15+,16?,17+,18-/m1/s1. The molecular weight excluding hydrogens is 280 g/mol. The third kappa shape index (κ3) is 0.913. The number of hydrogen-bond acceptors (Lipinski definition) is 4. The highest BCUT2D eigenvalue weighted by atomic mass is 16.5. The number of ether oxygens (including phenoxy) is 2. The smallest absolute Gasteiger partial charge is 0.174 e. The Morgan fingerprint density at radius 1 is 1.41 bits per heavy atom. The van der Waals surface area contributed by atoms with Crippen molar-refractivity contribution in [2.75, 3.05) is 7.11 Å². The Bertz CT molecular complexity index is 771. The Labute approximate surface area is 128 Å². The molecule has 114 valence electrons. The number of hydrogen-bond donors (Lipinski definition) is 1. The lowest BCUT2D eigenvalue weighted by molar-refractivity contribution is -0.149. The van der Waals surface area contributed by atoms with Crippen molar-refractivity contribution in [2.45, 2.75) is 49.2 Å². The van der Waals surface area contributed by atoms with Crippen LogP contribution in [-0.4, -0.2) is 29.7 Å². The van der Waals surface area contributed by atoms with Gasteiger partial charge in [0.15, 0.2) is 23.4 Å². The maximum absolute atomic E-state index is 12.6. The Morgan fingerprint density at radius 2 is 2.27 bits per heavy atom. The topological polar surface area (TPSA) is 55.8 Å². The number of methoxy groups -OCH3 is 1. The highest BCUT2D eigenvalue weighted by Gasteiger charge is 2.85. The molecule has 1 aliphatic heterocycles. The van der Waals surface area contributed by atoms with Crippen LogP contribution in [0.25, 0.3) is 0 Å². The molecule has 6 rings (SSSR count). The minimum absolute atomic E-state index is 0.146. The summed E-state index contributed by atoms with van der Waals surface area (Å²) in [5, 5.41) is 11.6. The van der Waals surface area contributed by atoms with E-state index in [9.17, 15) is 9.90 Å². The lowest BCUT2D eigenvalue weighted by Gasteiger charge is -2.49. The second kappa shape index (κ2) is 3.07. The zero-order valence-electron chi connectivity index (χ0n) is 12.5. The number of rotatable bonds is 1. The van der Waals surface area contributed by atoms with Crippen LogP contribution in [-0.2, 0) is 16.6 Å². The molecule has 0 aromatic heterocycles. The van der Waals surface area contributed by atoms with E-state index in [0.717, 1.165) is 30.6 Å². The van der Waals surface area contributed by atoms with Gasteiger partial charge in [-0.2, -0.15) is 0 Å². The van der Waals surface area contributed by atoms with E-state index in [4.69, 9.17) is 9.47 Å². The van der Waals surface area contributed by atoms with Crippen LogP contribution in [0.2, 0.25) is 0 Å². The first kappa shape index (κ1) is 11.9. The Morgan fingerprint density at radius 3 is 3.09 bits per heavy atom. The fourth-order valence-corrected chi connectivity index (χ4v) is 6.55. The van der Waals surface area contributed by atoms with Gasteiger partial charge in [-0.25, -0.2) is 0 Å². The summed E-state index contributed by atoms with van der Waals surface area (Å²) >= 11 is 0. The van der Waals surface area contributed by atoms with E-state index in [1.807, 2.05) is 6.07 Å². The molecule has 1 aromatic carbocycles. The third-order valence-electron chi connectivity index (χ3n) is 7.31. The van der Waals surface area contributed by atoms with E-state index >= 15 is 0 Å². The van der Waals surface area contributed by atoms with Gasteiger partial charge in [0.05, 0.1) is 18.1 Å². The van der Waals surface area contributed by atoms with Gasteiger partial charge in [-0.05, 0) is 48.6 Å². The van der Waals surface area contributed by atoms with Crippen molar-refractivity contribution in [2.24, 2.45) is 11.3 Å². The molecule has 4 nitrogen and oxygen atoms in total. The van der Waals surface area contributed by atoms with Crippen LogP contribution >= 0.6 is 0 Å². The van der Waals surface area contributed by atoms with Gasteiger partial charge in [-0.3, -0.25) is 4.79 Å². The summed E-state index contributed by atoms with van der Waals surface area (Å²) in [7, 11) is 1.63. The van der Waals surface area contributed by atoms with Crippen LogP contribution in [0.4, 0.5) is 0 Å². The summed E-state index contributed by atoms with van der Waals surface area (Å²) < 4.78 is 11.6. The van der Waals surface area contributed by atoms with Gasteiger partial charge >= 0.3 is 0 Å². The molecule has 4 aliphatic carbocycles. The van der Waals surface area contributed by atoms with Gasteiger partial charge in [-0.15, -0.1) is 0 Å². The van der Waals surface area contributed by atoms with Crippen LogP contribution in [0.15, 0.2) is 12.1 Å². The maximum atomic E-state index is 12.6. The predicted octanol–water partition coefficient (Wildman–Crippen LogP) is 1.75. The number of carbonyl (C=O) groups excluding carboxylic acids is 1. The molecule has 1 aromatic rings. The van der Waals surface area contributed by atoms with Gasteiger partial charge in [0.2, 0.25) is 0 Å². The van der Waals surface area contributed by atoms with Crippen molar-refractivity contribution in [3.05, 3.63) is 23.3 Å². The molecule has 1 unspecified atom stereocenters. The normalized spacial score (nSPS) is 48.5. The molecule has 3 fully saturated rings. The van der Waals surface area contributed by atoms with E-state index in [2.05, 4.69) is 6.07 Å². The molecule has 5 atom stereocenters. The predicted molar refractivity (Wildman–Crippen MR) is 77.1 cm³/mol. The van der Waals surface area contributed by atoms with E-state index in [0.29, 0.717) is 24.5 Å². The molecular formula is C18H18O4. The van der Waals surface area contributed by atoms with E-state index < -0.39 is 17.1 Å². The first-order valence-electron chi connectivity index (χ1n) is 8.18. The average Bonchev–Trinajstić information content (AvgIpc) is 3.01. The second-order valence-electron chi connectivity index (χ2n) is 7.96. The fraction of sp³-hybridized carbons (Fsp3) is 0.611. The molecule has 22 heavy (non-hydrogen) atoms. The lowest BCUT2D eigenvalue weighted by Crippen LogP contribution is -2.62. The van der Waals surface area contributed by atoms with Gasteiger partial charge in [0, 0.05) is 12.0 Å². The summed E-state index contributed by atoms with van der Waals surface area (Å²) in [6.07, 6.45) is 3.53. The molecule has 2 bridgehead atoms. The number of fused-ring (bicyclic) bond motifs is 1. The molecule has 5 aliphatic rings. The highest BCUT2D eigenvalue weighted by Crippen LogP contribution is 2.82. The van der Waals surface area contributed by atoms with Crippen molar-refractivity contribution in [1.82, 2.24) is 0 Å². The summed E-state index contributed by atoms with van der Waals surface area (Å²) in [6, 6.07) is 4.07. The van der Waals surface area contributed by atoms with Gasteiger partial charge in [-0.1, -0.05) is 6.07 Å². The number of ketones is 1. The van der Waals surface area contributed by atoms with E-state index in [1.54, 1.807) is 7.11 Å². The molecule has 4 heteroatoms. The molecule has 3 saturated carbocycles. The largest absolute Gasteiger partial charge is 0.493 e. The molecule has 2 spiro atoms. The third-order valence-corrected chi connectivity index (χ3v) is 7.31. The molecule has 0 amide bonds. The number of carbonyl (C=O) groups is 1. The van der Waals surface area contributed by atoms with Crippen molar-refractivity contribution >= 4 is 5.78 Å². The van der Waals surface area contributed by atoms with Gasteiger partial charge in [0.25, 0.3) is 0 Å². The maximum Gasteiger partial charge on any atom is 0.174 e. The van der Waals surface area contributed by atoms with Crippen molar-refractivity contribution < 1.29 is 19.4 Å². The first-order valence-corrected chi connectivity index (χ1v) is 8.18. The summed E-state index contributed by atoms with van der Waals surface area (Å²) in [6.45, 7) is 0. The van der Waals surface area contributed by atoms with Crippen molar-refractivity contribution in [3.63, 3.8) is 0 Å². The molecule has 1 heterocycles. The molecule has 1 N–H and O–H groups in total. The van der Waals surface area contributed by atoms with E-state index in [-0.39, 0.29) is 11.2 Å². The van der Waals surface area contributed by atoms with Gasteiger partial charge < -0.3 is 14.6 Å². The Balaban J connectivity index is 1.73. The van der Waals surface area contributed by atoms with Crippen LogP contribution in [0.3, 0.4) is 0 Å². The monoisotopic (exact) mass is 298 g/mol. The summed E-state index contributed by atoms with van der Waals surface area (Å²) in [4.78, 5) is 12.6. The van der Waals surface area contributed by atoms with Crippen molar-refractivity contribution in [3.8, 4) is 11.5 Å². The van der Waals surface area contributed by atoms with Crippen LogP contribution in [0.1, 0.15) is 36.8 Å². The summed E-state index contributed by atoms with van der Waals surface area (Å²) in [5.41, 5.74) is 1.28. The van der Waals surface area contributed by atoms with E-state index in [1.165, 1.54) is 5.56 Å². The number of benzene rings is 1. The number of aliphatic hydroxyl groups is 1. The highest BCUT2D eigenvalue weighted by molar-refractivity contribution is 5.90. The number of Topliss-reactive ketones (excluding diaryl/α,β-unsaturated/α-hetero) is 1. The minimum atomic E-state index is -0.769. The molecule has 0 saturated heterocycles. The Kier molecular flexibility index (Phi) is 1.67. The zero-order chi connectivity index (χ0) is 14.9. The Hall–Kier alpha value is -1.55. The minimum Gasteiger partial charge on any atom is -0.493 e. The zero-order valence-corrected chi connectivity index (χ0v) is 12.5. The quantitative estimate of drug-likeness (QED) is 0.858. The van der Waals surface area contributed by atoms with Crippen molar-refractivity contribution in [1.29, 1.82) is 0 Å². The van der Waals surface area contributed by atoms with Gasteiger partial charge in [0.1, 0.15) is 0 Å². The lowest BCUT2D eigenvalue weighted by atomic mass is 9.55. The fourth-order valence-electron chi connectivity index (χ4n) is 6.55. The second-order valence-corrected chi connectivity index (χ2v) is 7.96. The first-order chi connectivity index (χ1) is 10.6. The molecule has 0 radical (unpaired) electrons. The SMILES string of the molecule is COc1ccc2c3c1O[C@H]1C(=O)CC[C@@]4(O)[C@@H]5CC5(C2)C[C@]314.